The maximum absolute atomic E-state index is 10.8. The molecular weight excluding hydrogens is 342 g/mol. The molecule has 3 aromatic heterocycles. The average molecular weight is 364 g/mol. The Morgan fingerprint density at radius 1 is 1.17 bits per heavy atom. The Morgan fingerprint density at radius 3 is 2.54 bits per heavy atom. The summed E-state index contributed by atoms with van der Waals surface area (Å²) in [6.45, 7) is 8.06. The SMILES string of the molecule is Cc1nc2sc(C(c3sccc3C)N3CCN(C)CC3)c(O)n2n1. The molecule has 0 aromatic carbocycles. The van der Waals surface area contributed by atoms with Crippen LogP contribution in [0.25, 0.3) is 4.96 Å². The first-order chi connectivity index (χ1) is 11.5. The summed E-state index contributed by atoms with van der Waals surface area (Å²) >= 11 is 3.31. The highest BCUT2D eigenvalue weighted by Crippen LogP contribution is 2.42. The lowest BCUT2D eigenvalue weighted by Gasteiger charge is -2.37. The van der Waals surface area contributed by atoms with Crippen molar-refractivity contribution >= 4 is 27.6 Å². The van der Waals surface area contributed by atoms with E-state index in [9.17, 15) is 5.11 Å². The molecule has 0 spiro atoms. The van der Waals surface area contributed by atoms with Gasteiger partial charge in [0.25, 0.3) is 0 Å². The van der Waals surface area contributed by atoms with E-state index in [1.165, 1.54) is 10.4 Å². The third-order valence-electron chi connectivity index (χ3n) is 4.61. The maximum Gasteiger partial charge on any atom is 0.230 e. The van der Waals surface area contributed by atoms with Crippen LogP contribution in [0.3, 0.4) is 0 Å². The molecule has 4 rings (SSSR count). The number of likely N-dealkylation sites (N-methyl/N-ethyl adjacent to an activating group) is 1. The standard InChI is InChI=1S/C16H21N5OS2/c1-10-4-9-23-13(10)12(20-7-5-19(3)6-8-20)14-15(22)21-16(24-14)17-11(2)18-21/h4,9,12,22H,5-8H2,1-3H3. The minimum atomic E-state index is 0.0764. The number of thiophene rings is 1. The first-order valence-corrected chi connectivity index (χ1v) is 9.76. The van der Waals surface area contributed by atoms with E-state index >= 15 is 0 Å². The molecule has 0 radical (unpaired) electrons. The maximum atomic E-state index is 10.8. The molecule has 1 fully saturated rings. The fraction of sp³-hybridized carbons (Fsp3) is 0.500. The number of piperazine rings is 1. The third-order valence-corrected chi connectivity index (χ3v) is 6.75. The van der Waals surface area contributed by atoms with E-state index < -0.39 is 0 Å². The van der Waals surface area contributed by atoms with Gasteiger partial charge in [0.05, 0.1) is 10.9 Å². The van der Waals surface area contributed by atoms with E-state index in [0.29, 0.717) is 5.82 Å². The van der Waals surface area contributed by atoms with Crippen LogP contribution in [-0.4, -0.2) is 62.7 Å². The normalized spacial score (nSPS) is 18.5. The number of hydrogen-bond acceptors (Lipinski definition) is 7. The van der Waals surface area contributed by atoms with Crippen molar-refractivity contribution in [3.63, 3.8) is 0 Å². The van der Waals surface area contributed by atoms with E-state index in [2.05, 4.69) is 45.3 Å². The largest absolute Gasteiger partial charge is 0.492 e. The van der Waals surface area contributed by atoms with Crippen LogP contribution in [0.5, 0.6) is 5.88 Å². The molecule has 8 heteroatoms. The molecule has 128 valence electrons. The molecule has 1 N–H and O–H groups in total. The van der Waals surface area contributed by atoms with Gasteiger partial charge in [-0.05, 0) is 37.9 Å². The molecule has 1 saturated heterocycles. The summed E-state index contributed by atoms with van der Waals surface area (Å²) in [7, 11) is 2.16. The quantitative estimate of drug-likeness (QED) is 0.775. The van der Waals surface area contributed by atoms with Gasteiger partial charge in [-0.3, -0.25) is 4.90 Å². The molecule has 3 aromatic rings. The Morgan fingerprint density at radius 2 is 1.92 bits per heavy atom. The second-order valence-corrected chi connectivity index (χ2v) is 8.31. The van der Waals surface area contributed by atoms with Crippen molar-refractivity contribution in [3.05, 3.63) is 32.6 Å². The number of nitrogens with zero attached hydrogens (tertiary/aromatic N) is 5. The second kappa shape index (κ2) is 6.11. The fourth-order valence-corrected chi connectivity index (χ4v) is 5.51. The highest BCUT2D eigenvalue weighted by molar-refractivity contribution is 7.17. The summed E-state index contributed by atoms with van der Waals surface area (Å²) in [5.41, 5.74) is 1.28. The van der Waals surface area contributed by atoms with Crippen molar-refractivity contribution in [2.45, 2.75) is 19.9 Å². The van der Waals surface area contributed by atoms with Crippen LogP contribution in [0.2, 0.25) is 0 Å². The van der Waals surface area contributed by atoms with Crippen molar-refractivity contribution < 1.29 is 5.11 Å². The van der Waals surface area contributed by atoms with Gasteiger partial charge in [-0.15, -0.1) is 16.4 Å². The van der Waals surface area contributed by atoms with Gasteiger partial charge in [0, 0.05) is 31.1 Å². The number of hydrogen-bond donors (Lipinski definition) is 1. The molecule has 0 saturated carbocycles. The molecule has 0 amide bonds. The van der Waals surface area contributed by atoms with Crippen LogP contribution in [0.15, 0.2) is 11.4 Å². The van der Waals surface area contributed by atoms with Crippen molar-refractivity contribution in [3.8, 4) is 5.88 Å². The van der Waals surface area contributed by atoms with E-state index in [1.54, 1.807) is 27.2 Å². The Balaban J connectivity index is 1.80. The first kappa shape index (κ1) is 16.0. The third kappa shape index (κ3) is 2.63. The van der Waals surface area contributed by atoms with Gasteiger partial charge < -0.3 is 10.0 Å². The van der Waals surface area contributed by atoms with E-state index in [4.69, 9.17) is 0 Å². The average Bonchev–Trinajstić information content (AvgIpc) is 3.20. The topological polar surface area (TPSA) is 56.9 Å². The van der Waals surface area contributed by atoms with Gasteiger partial charge >= 0.3 is 0 Å². The lowest BCUT2D eigenvalue weighted by Crippen LogP contribution is -2.46. The van der Waals surface area contributed by atoms with Crippen molar-refractivity contribution in [2.24, 2.45) is 0 Å². The number of rotatable bonds is 3. The number of thiazole rings is 1. The van der Waals surface area contributed by atoms with E-state index in [1.807, 2.05) is 6.92 Å². The van der Waals surface area contributed by atoms with Gasteiger partial charge in [-0.2, -0.15) is 4.52 Å². The lowest BCUT2D eigenvalue weighted by molar-refractivity contribution is 0.128. The van der Waals surface area contributed by atoms with Crippen LogP contribution in [0.4, 0.5) is 0 Å². The van der Waals surface area contributed by atoms with Crippen molar-refractivity contribution in [1.82, 2.24) is 24.4 Å². The summed E-state index contributed by atoms with van der Waals surface area (Å²) < 4.78 is 1.57. The van der Waals surface area contributed by atoms with E-state index in [0.717, 1.165) is 36.0 Å². The summed E-state index contributed by atoms with van der Waals surface area (Å²) in [4.78, 5) is 12.2. The molecule has 1 atom stereocenters. The molecule has 1 unspecified atom stereocenters. The monoisotopic (exact) mass is 363 g/mol. The number of aromatic nitrogens is 3. The lowest BCUT2D eigenvalue weighted by atomic mass is 10.1. The van der Waals surface area contributed by atoms with Crippen LogP contribution >= 0.6 is 22.7 Å². The Labute approximate surface area is 149 Å². The van der Waals surface area contributed by atoms with Gasteiger partial charge in [-0.25, -0.2) is 4.98 Å². The highest BCUT2D eigenvalue weighted by atomic mass is 32.1. The van der Waals surface area contributed by atoms with Crippen LogP contribution in [0, 0.1) is 13.8 Å². The Hall–Kier alpha value is -1.48. The molecule has 6 nitrogen and oxygen atoms in total. The van der Waals surface area contributed by atoms with Crippen LogP contribution in [0.1, 0.15) is 27.2 Å². The summed E-state index contributed by atoms with van der Waals surface area (Å²) in [6, 6.07) is 2.23. The van der Waals surface area contributed by atoms with E-state index in [-0.39, 0.29) is 11.9 Å². The minimum absolute atomic E-state index is 0.0764. The van der Waals surface area contributed by atoms with Gasteiger partial charge in [0.2, 0.25) is 10.8 Å². The Kier molecular flexibility index (Phi) is 4.07. The predicted octanol–water partition coefficient (Wildman–Crippen LogP) is 2.51. The molecule has 0 bridgehead atoms. The van der Waals surface area contributed by atoms with Crippen molar-refractivity contribution in [2.75, 3.05) is 33.2 Å². The number of aryl methyl sites for hydroxylation is 2. The molecule has 4 heterocycles. The number of fused-ring (bicyclic) bond motifs is 1. The Bertz CT molecular complexity index is 859. The molecule has 24 heavy (non-hydrogen) atoms. The minimum Gasteiger partial charge on any atom is -0.492 e. The second-order valence-electron chi connectivity index (χ2n) is 6.35. The molecule has 0 aliphatic carbocycles. The molecular formula is C16H21N5OS2. The van der Waals surface area contributed by atoms with Crippen molar-refractivity contribution in [1.29, 1.82) is 0 Å². The van der Waals surface area contributed by atoms with Crippen LogP contribution in [-0.2, 0) is 0 Å². The molecule has 1 aliphatic heterocycles. The zero-order valence-electron chi connectivity index (χ0n) is 14.1. The fourth-order valence-electron chi connectivity index (χ4n) is 3.22. The molecule has 1 aliphatic rings. The summed E-state index contributed by atoms with van der Waals surface area (Å²) in [6.07, 6.45) is 0. The predicted molar refractivity (Wildman–Crippen MR) is 97.2 cm³/mol. The zero-order valence-corrected chi connectivity index (χ0v) is 15.7. The number of aromatic hydroxyl groups is 1. The van der Waals surface area contributed by atoms with Crippen LogP contribution < -0.4 is 0 Å². The smallest absolute Gasteiger partial charge is 0.230 e. The van der Waals surface area contributed by atoms with Gasteiger partial charge in [-0.1, -0.05) is 11.3 Å². The van der Waals surface area contributed by atoms with Gasteiger partial charge in [0.15, 0.2) is 0 Å². The highest BCUT2D eigenvalue weighted by Gasteiger charge is 2.32. The zero-order chi connectivity index (χ0) is 16.8. The first-order valence-electron chi connectivity index (χ1n) is 8.06. The summed E-state index contributed by atoms with van der Waals surface area (Å²) in [5, 5.41) is 17.2. The summed E-state index contributed by atoms with van der Waals surface area (Å²) in [5.74, 6) is 0.916. The van der Waals surface area contributed by atoms with Gasteiger partial charge in [0.1, 0.15) is 5.82 Å².